The first-order valence-electron chi connectivity index (χ1n) is 7.66. The van der Waals surface area contributed by atoms with E-state index >= 15 is 0 Å². The topological polar surface area (TPSA) is 49.8 Å². The number of nitrogens with zero attached hydrogens (tertiary/aromatic N) is 1. The van der Waals surface area contributed by atoms with Gasteiger partial charge in [-0.2, -0.15) is 0 Å². The molecule has 2 aromatic carbocycles. The summed E-state index contributed by atoms with van der Waals surface area (Å²) < 4.78 is 21.7. The van der Waals surface area contributed by atoms with Crippen LogP contribution in [0.15, 0.2) is 42.7 Å². The SMILES string of the molecule is COc1ccc2c(Cc3ccc4c(c3)OCO4)cncc2c1OC. The summed E-state index contributed by atoms with van der Waals surface area (Å²) in [6.07, 6.45) is 4.44. The Kier molecular flexibility index (Phi) is 3.61. The third kappa shape index (κ3) is 2.38. The van der Waals surface area contributed by atoms with Crippen LogP contribution in [0.5, 0.6) is 23.0 Å². The number of aromatic nitrogens is 1. The van der Waals surface area contributed by atoms with Crippen molar-refractivity contribution in [1.82, 2.24) is 4.98 Å². The van der Waals surface area contributed by atoms with Crippen LogP contribution < -0.4 is 18.9 Å². The van der Waals surface area contributed by atoms with Gasteiger partial charge in [0.25, 0.3) is 0 Å². The van der Waals surface area contributed by atoms with E-state index in [1.165, 1.54) is 0 Å². The first-order valence-corrected chi connectivity index (χ1v) is 7.66. The summed E-state index contributed by atoms with van der Waals surface area (Å²) in [6, 6.07) is 9.97. The fraction of sp³-hybridized carbons (Fsp3) is 0.211. The smallest absolute Gasteiger partial charge is 0.231 e. The first kappa shape index (κ1) is 14.6. The van der Waals surface area contributed by atoms with E-state index in [-0.39, 0.29) is 6.79 Å². The summed E-state index contributed by atoms with van der Waals surface area (Å²) in [4.78, 5) is 4.37. The van der Waals surface area contributed by atoms with Gasteiger partial charge in [0.15, 0.2) is 23.0 Å². The number of ether oxygens (including phenoxy) is 4. The molecule has 24 heavy (non-hydrogen) atoms. The minimum Gasteiger partial charge on any atom is -0.493 e. The van der Waals surface area contributed by atoms with E-state index in [0.29, 0.717) is 11.5 Å². The maximum absolute atomic E-state index is 5.51. The molecule has 5 heteroatoms. The molecule has 0 spiro atoms. The van der Waals surface area contributed by atoms with Gasteiger partial charge in [0.05, 0.1) is 14.2 Å². The average Bonchev–Trinajstić information content (AvgIpc) is 3.08. The fourth-order valence-electron chi connectivity index (χ4n) is 3.04. The summed E-state index contributed by atoms with van der Waals surface area (Å²) in [6.45, 7) is 0.283. The van der Waals surface area contributed by atoms with E-state index in [0.717, 1.165) is 39.8 Å². The Morgan fingerprint density at radius 1 is 0.958 bits per heavy atom. The summed E-state index contributed by atoms with van der Waals surface area (Å²) in [5.41, 5.74) is 2.26. The highest BCUT2D eigenvalue weighted by atomic mass is 16.7. The Bertz CT molecular complexity index is 907. The molecule has 0 atom stereocenters. The molecular weight excluding hydrogens is 306 g/mol. The van der Waals surface area contributed by atoms with Crippen LogP contribution in [0, 0.1) is 0 Å². The molecule has 5 nitrogen and oxygen atoms in total. The van der Waals surface area contributed by atoms with Crippen molar-refractivity contribution in [3.8, 4) is 23.0 Å². The van der Waals surface area contributed by atoms with Gasteiger partial charge in [-0.05, 0) is 41.1 Å². The highest BCUT2D eigenvalue weighted by Gasteiger charge is 2.15. The van der Waals surface area contributed by atoms with Gasteiger partial charge < -0.3 is 18.9 Å². The lowest BCUT2D eigenvalue weighted by Gasteiger charge is -2.13. The highest BCUT2D eigenvalue weighted by Crippen LogP contribution is 2.37. The van der Waals surface area contributed by atoms with Crippen molar-refractivity contribution in [2.24, 2.45) is 0 Å². The predicted octanol–water partition coefficient (Wildman–Crippen LogP) is 3.57. The second-order valence-electron chi connectivity index (χ2n) is 5.56. The van der Waals surface area contributed by atoms with Gasteiger partial charge in [0, 0.05) is 17.8 Å². The van der Waals surface area contributed by atoms with Crippen molar-refractivity contribution >= 4 is 10.8 Å². The lowest BCUT2D eigenvalue weighted by Crippen LogP contribution is -1.96. The second-order valence-corrected chi connectivity index (χ2v) is 5.56. The van der Waals surface area contributed by atoms with Crippen molar-refractivity contribution in [2.45, 2.75) is 6.42 Å². The largest absolute Gasteiger partial charge is 0.493 e. The van der Waals surface area contributed by atoms with Crippen molar-refractivity contribution < 1.29 is 18.9 Å². The van der Waals surface area contributed by atoms with E-state index in [2.05, 4.69) is 4.98 Å². The van der Waals surface area contributed by atoms with E-state index in [1.54, 1.807) is 20.4 Å². The van der Waals surface area contributed by atoms with Crippen LogP contribution in [0.3, 0.4) is 0 Å². The van der Waals surface area contributed by atoms with Crippen molar-refractivity contribution in [1.29, 1.82) is 0 Å². The molecule has 1 aliphatic rings. The van der Waals surface area contributed by atoms with E-state index in [4.69, 9.17) is 18.9 Å². The zero-order chi connectivity index (χ0) is 16.5. The van der Waals surface area contributed by atoms with Gasteiger partial charge in [-0.1, -0.05) is 12.1 Å². The Morgan fingerprint density at radius 3 is 2.67 bits per heavy atom. The molecule has 4 rings (SSSR count). The Morgan fingerprint density at radius 2 is 1.83 bits per heavy atom. The minimum absolute atomic E-state index is 0.283. The van der Waals surface area contributed by atoms with Crippen LogP contribution in [0.1, 0.15) is 11.1 Å². The molecule has 0 saturated carbocycles. The molecule has 0 N–H and O–H groups in total. The Balaban J connectivity index is 1.77. The number of rotatable bonds is 4. The average molecular weight is 323 g/mol. The molecule has 1 aromatic heterocycles. The number of methoxy groups -OCH3 is 2. The Labute approximate surface area is 139 Å². The Hall–Kier alpha value is -2.95. The van der Waals surface area contributed by atoms with Gasteiger partial charge >= 0.3 is 0 Å². The molecule has 0 aliphatic carbocycles. The molecule has 0 radical (unpaired) electrons. The van der Waals surface area contributed by atoms with Crippen molar-refractivity contribution in [3.63, 3.8) is 0 Å². The second kappa shape index (κ2) is 5.92. The number of pyridine rings is 1. The predicted molar refractivity (Wildman–Crippen MR) is 90.2 cm³/mol. The molecule has 0 fully saturated rings. The van der Waals surface area contributed by atoms with Gasteiger partial charge in [-0.3, -0.25) is 4.98 Å². The van der Waals surface area contributed by atoms with Crippen LogP contribution in [-0.2, 0) is 6.42 Å². The molecule has 0 amide bonds. The molecule has 0 unspecified atom stereocenters. The third-order valence-electron chi connectivity index (χ3n) is 4.20. The van der Waals surface area contributed by atoms with Crippen LogP contribution in [0.25, 0.3) is 10.8 Å². The summed E-state index contributed by atoms with van der Waals surface area (Å²) in [7, 11) is 3.27. The molecule has 0 bridgehead atoms. The summed E-state index contributed by atoms with van der Waals surface area (Å²) in [5.74, 6) is 2.99. The van der Waals surface area contributed by atoms with Crippen LogP contribution in [0.2, 0.25) is 0 Å². The van der Waals surface area contributed by atoms with Gasteiger partial charge in [-0.25, -0.2) is 0 Å². The van der Waals surface area contributed by atoms with Gasteiger partial charge in [-0.15, -0.1) is 0 Å². The maximum Gasteiger partial charge on any atom is 0.231 e. The molecule has 122 valence electrons. The molecule has 2 heterocycles. The van der Waals surface area contributed by atoms with Crippen molar-refractivity contribution in [3.05, 3.63) is 53.9 Å². The maximum atomic E-state index is 5.51. The van der Waals surface area contributed by atoms with E-state index < -0.39 is 0 Å². The van der Waals surface area contributed by atoms with Gasteiger partial charge in [0.2, 0.25) is 6.79 Å². The standard InChI is InChI=1S/C19H17NO4/c1-21-17-6-4-14-13(9-20-10-15(14)19(17)22-2)7-12-3-5-16-18(8-12)24-11-23-16/h3-6,8-10H,7,11H2,1-2H3. The lowest BCUT2D eigenvalue weighted by molar-refractivity contribution is 0.174. The monoisotopic (exact) mass is 323 g/mol. The lowest BCUT2D eigenvalue weighted by atomic mass is 10.00. The number of hydrogen-bond donors (Lipinski definition) is 0. The van der Waals surface area contributed by atoms with Crippen LogP contribution in [-0.4, -0.2) is 26.0 Å². The number of hydrogen-bond acceptors (Lipinski definition) is 5. The molecule has 1 aliphatic heterocycles. The highest BCUT2D eigenvalue weighted by molar-refractivity contribution is 5.92. The zero-order valence-electron chi connectivity index (χ0n) is 13.5. The first-order chi connectivity index (χ1) is 11.8. The van der Waals surface area contributed by atoms with Crippen LogP contribution in [0.4, 0.5) is 0 Å². The number of benzene rings is 2. The van der Waals surface area contributed by atoms with Crippen LogP contribution >= 0.6 is 0 Å². The van der Waals surface area contributed by atoms with Gasteiger partial charge in [0.1, 0.15) is 0 Å². The molecular formula is C19H17NO4. The molecule has 0 saturated heterocycles. The van der Waals surface area contributed by atoms with E-state index in [9.17, 15) is 0 Å². The number of fused-ring (bicyclic) bond motifs is 2. The third-order valence-corrected chi connectivity index (χ3v) is 4.20. The summed E-state index contributed by atoms with van der Waals surface area (Å²) >= 11 is 0. The normalized spacial score (nSPS) is 12.4. The minimum atomic E-state index is 0.283. The zero-order valence-corrected chi connectivity index (χ0v) is 13.5. The molecule has 3 aromatic rings. The summed E-state index contributed by atoms with van der Waals surface area (Å²) in [5, 5.41) is 2.04. The van der Waals surface area contributed by atoms with E-state index in [1.807, 2.05) is 36.5 Å². The fourth-order valence-corrected chi connectivity index (χ4v) is 3.04. The quantitative estimate of drug-likeness (QED) is 0.734. The van der Waals surface area contributed by atoms with Crippen molar-refractivity contribution in [2.75, 3.05) is 21.0 Å².